The number of fused-ring (bicyclic) bond motifs is 1. The topological polar surface area (TPSA) is 32.3 Å². The van der Waals surface area contributed by atoms with Crippen LogP contribution in [0.25, 0.3) is 0 Å². The summed E-state index contributed by atoms with van der Waals surface area (Å²) in [5.74, 6) is 3.06. The fourth-order valence-corrected chi connectivity index (χ4v) is 4.06. The van der Waals surface area contributed by atoms with Gasteiger partial charge in [-0.1, -0.05) is 12.1 Å². The summed E-state index contributed by atoms with van der Waals surface area (Å²) < 4.78 is 0. The van der Waals surface area contributed by atoms with Crippen molar-refractivity contribution in [2.45, 2.75) is 37.8 Å². The van der Waals surface area contributed by atoms with Gasteiger partial charge in [-0.3, -0.25) is 0 Å². The van der Waals surface area contributed by atoms with Crippen LogP contribution in [0.2, 0.25) is 0 Å². The number of phenolic OH excluding ortho intramolecular Hbond substituents is 1. The molecule has 0 amide bonds. The Morgan fingerprint density at radius 3 is 2.82 bits per heavy atom. The molecule has 0 aromatic heterocycles. The van der Waals surface area contributed by atoms with Crippen molar-refractivity contribution in [3.8, 4) is 5.75 Å². The van der Waals surface area contributed by atoms with Crippen LogP contribution in [0.1, 0.15) is 36.4 Å². The van der Waals surface area contributed by atoms with Gasteiger partial charge in [0.05, 0.1) is 0 Å². The molecule has 0 radical (unpaired) electrons. The van der Waals surface area contributed by atoms with Gasteiger partial charge in [-0.15, -0.1) is 0 Å². The Hall–Kier alpha value is -0.670. The SMILES string of the molecule is Oc1cccc2c1CCC2NC1CCSCC1. The van der Waals surface area contributed by atoms with E-state index >= 15 is 0 Å². The molecule has 1 aliphatic carbocycles. The quantitative estimate of drug-likeness (QED) is 0.845. The van der Waals surface area contributed by atoms with Crippen molar-refractivity contribution in [3.05, 3.63) is 29.3 Å². The number of hydrogen-bond acceptors (Lipinski definition) is 3. The van der Waals surface area contributed by atoms with Crippen molar-refractivity contribution >= 4 is 11.8 Å². The van der Waals surface area contributed by atoms with Gasteiger partial charge in [0, 0.05) is 12.1 Å². The molecule has 3 rings (SSSR count). The Morgan fingerprint density at radius 1 is 1.18 bits per heavy atom. The highest BCUT2D eigenvalue weighted by molar-refractivity contribution is 7.99. The van der Waals surface area contributed by atoms with Crippen molar-refractivity contribution in [2.75, 3.05) is 11.5 Å². The van der Waals surface area contributed by atoms with E-state index in [2.05, 4.69) is 23.1 Å². The van der Waals surface area contributed by atoms with Gasteiger partial charge in [0.25, 0.3) is 0 Å². The average Bonchev–Trinajstić information content (AvgIpc) is 2.76. The van der Waals surface area contributed by atoms with Crippen LogP contribution < -0.4 is 5.32 Å². The van der Waals surface area contributed by atoms with Gasteiger partial charge in [0.2, 0.25) is 0 Å². The smallest absolute Gasteiger partial charge is 0.119 e. The summed E-state index contributed by atoms with van der Waals surface area (Å²) in [6.07, 6.45) is 4.72. The van der Waals surface area contributed by atoms with Crippen LogP contribution in [0.15, 0.2) is 18.2 Å². The van der Waals surface area contributed by atoms with E-state index in [0.717, 1.165) is 18.4 Å². The van der Waals surface area contributed by atoms with Gasteiger partial charge in [-0.2, -0.15) is 11.8 Å². The van der Waals surface area contributed by atoms with Crippen molar-refractivity contribution in [1.82, 2.24) is 5.32 Å². The molecule has 92 valence electrons. The Bertz CT molecular complexity index is 401. The van der Waals surface area contributed by atoms with Crippen LogP contribution in [0, 0.1) is 0 Å². The summed E-state index contributed by atoms with van der Waals surface area (Å²) in [6.45, 7) is 0. The van der Waals surface area contributed by atoms with Gasteiger partial charge in [-0.05, 0) is 54.4 Å². The summed E-state index contributed by atoms with van der Waals surface area (Å²) >= 11 is 2.06. The number of aromatic hydroxyl groups is 1. The molecule has 1 saturated heterocycles. The second-order valence-electron chi connectivity index (χ2n) is 4.99. The molecule has 1 unspecified atom stereocenters. The van der Waals surface area contributed by atoms with Gasteiger partial charge >= 0.3 is 0 Å². The van der Waals surface area contributed by atoms with Crippen molar-refractivity contribution in [1.29, 1.82) is 0 Å². The molecule has 1 heterocycles. The molecule has 1 aliphatic heterocycles. The largest absolute Gasteiger partial charge is 0.508 e. The molecule has 0 spiro atoms. The van der Waals surface area contributed by atoms with Crippen LogP contribution in [-0.2, 0) is 6.42 Å². The zero-order valence-corrected chi connectivity index (χ0v) is 10.8. The number of nitrogens with one attached hydrogen (secondary N) is 1. The maximum absolute atomic E-state index is 9.82. The van der Waals surface area contributed by atoms with Crippen LogP contribution in [0.5, 0.6) is 5.75 Å². The maximum Gasteiger partial charge on any atom is 0.119 e. The van der Waals surface area contributed by atoms with Crippen LogP contribution >= 0.6 is 11.8 Å². The van der Waals surface area contributed by atoms with Gasteiger partial charge < -0.3 is 10.4 Å². The number of phenols is 1. The Kier molecular flexibility index (Phi) is 3.30. The number of benzene rings is 1. The third-order valence-corrected chi connectivity index (χ3v) is 4.95. The number of thioether (sulfide) groups is 1. The van der Waals surface area contributed by atoms with Gasteiger partial charge in [0.15, 0.2) is 0 Å². The molecular formula is C14H19NOS. The minimum absolute atomic E-state index is 0.463. The van der Waals surface area contributed by atoms with Crippen molar-refractivity contribution in [3.63, 3.8) is 0 Å². The van der Waals surface area contributed by atoms with Crippen LogP contribution in [-0.4, -0.2) is 22.7 Å². The molecule has 1 atom stereocenters. The minimum atomic E-state index is 0.463. The van der Waals surface area contributed by atoms with E-state index in [4.69, 9.17) is 0 Å². The summed E-state index contributed by atoms with van der Waals surface area (Å²) in [6, 6.07) is 7.07. The maximum atomic E-state index is 9.82. The molecule has 2 nitrogen and oxygen atoms in total. The first-order chi connectivity index (χ1) is 8.34. The molecule has 1 aromatic rings. The lowest BCUT2D eigenvalue weighted by Crippen LogP contribution is -2.34. The van der Waals surface area contributed by atoms with E-state index in [1.54, 1.807) is 6.07 Å². The first-order valence-electron chi connectivity index (χ1n) is 6.49. The average molecular weight is 249 g/mol. The summed E-state index contributed by atoms with van der Waals surface area (Å²) in [5.41, 5.74) is 2.48. The number of rotatable bonds is 2. The molecule has 3 heteroatoms. The first kappa shape index (κ1) is 11.4. The lowest BCUT2D eigenvalue weighted by Gasteiger charge is -2.26. The fourth-order valence-electron chi connectivity index (χ4n) is 2.96. The predicted octanol–water partition coefficient (Wildman–Crippen LogP) is 2.86. The zero-order valence-electron chi connectivity index (χ0n) is 9.98. The molecule has 1 aromatic carbocycles. The molecule has 0 saturated carbocycles. The Balaban J connectivity index is 1.72. The van der Waals surface area contributed by atoms with E-state index in [0.29, 0.717) is 17.8 Å². The second kappa shape index (κ2) is 4.91. The van der Waals surface area contributed by atoms with E-state index in [-0.39, 0.29) is 0 Å². The Labute approximate surface area is 107 Å². The van der Waals surface area contributed by atoms with Gasteiger partial charge in [-0.25, -0.2) is 0 Å². The summed E-state index contributed by atoms with van der Waals surface area (Å²) in [4.78, 5) is 0. The molecule has 0 bridgehead atoms. The predicted molar refractivity (Wildman–Crippen MR) is 72.7 cm³/mol. The molecular weight excluding hydrogens is 230 g/mol. The third-order valence-electron chi connectivity index (χ3n) is 3.90. The van der Waals surface area contributed by atoms with E-state index in [9.17, 15) is 5.11 Å². The monoisotopic (exact) mass is 249 g/mol. The molecule has 17 heavy (non-hydrogen) atoms. The zero-order chi connectivity index (χ0) is 11.7. The summed E-state index contributed by atoms with van der Waals surface area (Å²) in [5, 5.41) is 13.6. The molecule has 2 aliphatic rings. The van der Waals surface area contributed by atoms with Gasteiger partial charge in [0.1, 0.15) is 5.75 Å². The highest BCUT2D eigenvalue weighted by Gasteiger charge is 2.26. The van der Waals surface area contributed by atoms with E-state index in [1.807, 2.05) is 6.07 Å². The lowest BCUT2D eigenvalue weighted by atomic mass is 10.0. The minimum Gasteiger partial charge on any atom is -0.508 e. The van der Waals surface area contributed by atoms with Crippen LogP contribution in [0.3, 0.4) is 0 Å². The highest BCUT2D eigenvalue weighted by Crippen LogP contribution is 2.37. The molecule has 2 N–H and O–H groups in total. The van der Waals surface area contributed by atoms with E-state index < -0.39 is 0 Å². The normalized spacial score (nSPS) is 24.8. The standard InChI is InChI=1S/C14H19NOS/c16-14-3-1-2-11-12(14)4-5-13(11)15-10-6-8-17-9-7-10/h1-3,10,13,15-16H,4-9H2. The van der Waals surface area contributed by atoms with Crippen molar-refractivity contribution < 1.29 is 5.11 Å². The summed E-state index contributed by atoms with van der Waals surface area (Å²) in [7, 11) is 0. The second-order valence-corrected chi connectivity index (χ2v) is 6.21. The van der Waals surface area contributed by atoms with Crippen LogP contribution in [0.4, 0.5) is 0 Å². The first-order valence-corrected chi connectivity index (χ1v) is 7.64. The van der Waals surface area contributed by atoms with E-state index in [1.165, 1.54) is 29.9 Å². The number of hydrogen-bond donors (Lipinski definition) is 2. The molecule has 1 fully saturated rings. The fraction of sp³-hybridized carbons (Fsp3) is 0.571. The lowest BCUT2D eigenvalue weighted by molar-refractivity contribution is 0.412. The van der Waals surface area contributed by atoms with Crippen molar-refractivity contribution in [2.24, 2.45) is 0 Å². The Morgan fingerprint density at radius 2 is 2.00 bits per heavy atom. The third kappa shape index (κ3) is 2.31. The highest BCUT2D eigenvalue weighted by atomic mass is 32.2.